The zero-order chi connectivity index (χ0) is 20.0. The van der Waals surface area contributed by atoms with E-state index in [0.29, 0.717) is 23.5 Å². The standard InChI is InChI=1S/C24H30O4/c1-2-3-4-5-6-7-8-12-15-23(25)27-22-18-16-20(17-19-22)24(26)28-21-13-10-9-11-14-21/h9-11,13-14,16-19H,2-8,12,15H2,1H3. The molecule has 0 atom stereocenters. The molecule has 0 saturated heterocycles. The number of carbonyl (C=O) groups is 2. The number of rotatable bonds is 12. The van der Waals surface area contributed by atoms with Crippen LogP contribution in [0.5, 0.6) is 11.5 Å². The Bertz CT molecular complexity index is 707. The summed E-state index contributed by atoms with van der Waals surface area (Å²) < 4.78 is 10.6. The SMILES string of the molecule is CCCCCCCCCCC(=O)Oc1ccc(C(=O)Oc2ccccc2)cc1. The van der Waals surface area contributed by atoms with Gasteiger partial charge in [-0.05, 0) is 42.8 Å². The van der Waals surface area contributed by atoms with Crippen LogP contribution in [-0.2, 0) is 4.79 Å². The third-order valence-corrected chi connectivity index (χ3v) is 4.51. The fourth-order valence-corrected chi connectivity index (χ4v) is 2.90. The van der Waals surface area contributed by atoms with Crippen LogP contribution in [-0.4, -0.2) is 11.9 Å². The molecule has 150 valence electrons. The minimum Gasteiger partial charge on any atom is -0.427 e. The Hall–Kier alpha value is -2.62. The molecule has 0 heterocycles. The van der Waals surface area contributed by atoms with Crippen molar-refractivity contribution in [2.75, 3.05) is 0 Å². The van der Waals surface area contributed by atoms with Crippen molar-refractivity contribution in [1.82, 2.24) is 0 Å². The van der Waals surface area contributed by atoms with Crippen molar-refractivity contribution < 1.29 is 19.1 Å². The van der Waals surface area contributed by atoms with Gasteiger partial charge in [0.1, 0.15) is 11.5 Å². The van der Waals surface area contributed by atoms with E-state index >= 15 is 0 Å². The highest BCUT2D eigenvalue weighted by Gasteiger charge is 2.10. The zero-order valence-corrected chi connectivity index (χ0v) is 16.7. The maximum Gasteiger partial charge on any atom is 0.343 e. The Morgan fingerprint density at radius 2 is 1.25 bits per heavy atom. The molecule has 2 rings (SSSR count). The summed E-state index contributed by atoms with van der Waals surface area (Å²) in [6.07, 6.45) is 9.94. The average Bonchev–Trinajstić information content (AvgIpc) is 2.71. The summed E-state index contributed by atoms with van der Waals surface area (Å²) in [5.41, 5.74) is 0.409. The Morgan fingerprint density at radius 3 is 1.89 bits per heavy atom. The van der Waals surface area contributed by atoms with Gasteiger partial charge in [0.25, 0.3) is 0 Å². The summed E-state index contributed by atoms with van der Waals surface area (Å²) in [5, 5.41) is 0. The summed E-state index contributed by atoms with van der Waals surface area (Å²) in [6, 6.07) is 15.3. The number of esters is 2. The number of unbranched alkanes of at least 4 members (excludes halogenated alkanes) is 7. The molecule has 0 fully saturated rings. The van der Waals surface area contributed by atoms with E-state index in [-0.39, 0.29) is 5.97 Å². The Labute approximate surface area is 167 Å². The second kappa shape index (κ2) is 12.7. The number of benzene rings is 2. The molecule has 0 aliphatic heterocycles. The molecule has 0 saturated carbocycles. The van der Waals surface area contributed by atoms with Gasteiger partial charge in [-0.15, -0.1) is 0 Å². The van der Waals surface area contributed by atoms with Crippen molar-refractivity contribution >= 4 is 11.9 Å². The average molecular weight is 383 g/mol. The van der Waals surface area contributed by atoms with E-state index in [1.807, 2.05) is 6.07 Å². The van der Waals surface area contributed by atoms with Gasteiger partial charge in [-0.3, -0.25) is 4.79 Å². The normalized spacial score (nSPS) is 10.5. The summed E-state index contributed by atoms with van der Waals surface area (Å²) >= 11 is 0. The first-order valence-corrected chi connectivity index (χ1v) is 10.3. The maximum absolute atomic E-state index is 12.1. The molecule has 0 unspecified atom stereocenters. The van der Waals surface area contributed by atoms with E-state index in [2.05, 4.69) is 6.92 Å². The molecule has 0 aliphatic rings. The third kappa shape index (κ3) is 8.38. The van der Waals surface area contributed by atoms with Gasteiger partial charge in [0.2, 0.25) is 0 Å². The monoisotopic (exact) mass is 382 g/mol. The Kier molecular flexibility index (Phi) is 9.84. The molecule has 0 bridgehead atoms. The van der Waals surface area contributed by atoms with Crippen molar-refractivity contribution in [3.05, 3.63) is 60.2 Å². The highest BCUT2D eigenvalue weighted by molar-refractivity contribution is 5.91. The molecule has 0 aromatic heterocycles. The molecule has 0 spiro atoms. The molecule has 0 N–H and O–H groups in total. The topological polar surface area (TPSA) is 52.6 Å². The van der Waals surface area contributed by atoms with E-state index in [1.54, 1.807) is 48.5 Å². The van der Waals surface area contributed by atoms with Crippen molar-refractivity contribution in [3.8, 4) is 11.5 Å². The lowest BCUT2D eigenvalue weighted by molar-refractivity contribution is -0.134. The van der Waals surface area contributed by atoms with Crippen LogP contribution in [0.1, 0.15) is 75.1 Å². The summed E-state index contributed by atoms with van der Waals surface area (Å²) in [7, 11) is 0. The van der Waals surface area contributed by atoms with Crippen LogP contribution in [0.3, 0.4) is 0 Å². The first-order valence-electron chi connectivity index (χ1n) is 10.3. The molecule has 0 radical (unpaired) electrons. The van der Waals surface area contributed by atoms with Gasteiger partial charge in [0.15, 0.2) is 0 Å². The van der Waals surface area contributed by atoms with E-state index in [0.717, 1.165) is 12.8 Å². The number of carbonyl (C=O) groups excluding carboxylic acids is 2. The van der Waals surface area contributed by atoms with Crippen LogP contribution < -0.4 is 9.47 Å². The van der Waals surface area contributed by atoms with Crippen LogP contribution in [0, 0.1) is 0 Å². The minimum absolute atomic E-state index is 0.231. The smallest absolute Gasteiger partial charge is 0.343 e. The van der Waals surface area contributed by atoms with Crippen molar-refractivity contribution in [2.24, 2.45) is 0 Å². The Balaban J connectivity index is 1.66. The maximum atomic E-state index is 12.1. The van der Waals surface area contributed by atoms with Crippen molar-refractivity contribution in [2.45, 2.75) is 64.7 Å². The van der Waals surface area contributed by atoms with Gasteiger partial charge < -0.3 is 9.47 Å². The van der Waals surface area contributed by atoms with Gasteiger partial charge in [-0.25, -0.2) is 4.79 Å². The number of ether oxygens (including phenoxy) is 2. The fraction of sp³-hybridized carbons (Fsp3) is 0.417. The van der Waals surface area contributed by atoms with E-state index in [4.69, 9.17) is 9.47 Å². The fourth-order valence-electron chi connectivity index (χ4n) is 2.90. The molecule has 2 aromatic rings. The second-order valence-electron chi connectivity index (χ2n) is 6.93. The Morgan fingerprint density at radius 1 is 0.679 bits per heavy atom. The first kappa shape index (κ1) is 21.7. The van der Waals surface area contributed by atoms with Gasteiger partial charge in [-0.1, -0.05) is 70.1 Å². The second-order valence-corrected chi connectivity index (χ2v) is 6.93. The summed E-state index contributed by atoms with van der Waals surface area (Å²) in [5.74, 6) is 0.266. The largest absolute Gasteiger partial charge is 0.427 e. The predicted octanol–water partition coefficient (Wildman–Crippen LogP) is 6.34. The lowest BCUT2D eigenvalue weighted by atomic mass is 10.1. The van der Waals surface area contributed by atoms with E-state index in [1.165, 1.54) is 38.5 Å². The summed E-state index contributed by atoms with van der Waals surface area (Å²) in [4.78, 5) is 24.0. The highest BCUT2D eigenvalue weighted by Crippen LogP contribution is 2.17. The minimum atomic E-state index is -0.442. The molecule has 0 aliphatic carbocycles. The van der Waals surface area contributed by atoms with Crippen molar-refractivity contribution in [1.29, 1.82) is 0 Å². The van der Waals surface area contributed by atoms with Gasteiger partial charge >= 0.3 is 11.9 Å². The van der Waals surface area contributed by atoms with Crippen molar-refractivity contribution in [3.63, 3.8) is 0 Å². The summed E-state index contributed by atoms with van der Waals surface area (Å²) in [6.45, 7) is 2.22. The number of para-hydroxylation sites is 1. The van der Waals surface area contributed by atoms with Crippen LogP contribution >= 0.6 is 0 Å². The lowest BCUT2D eigenvalue weighted by Gasteiger charge is -2.06. The van der Waals surface area contributed by atoms with Crippen LogP contribution in [0.25, 0.3) is 0 Å². The number of hydrogen-bond donors (Lipinski definition) is 0. The molecule has 0 amide bonds. The molecular formula is C24H30O4. The number of hydrogen-bond acceptors (Lipinski definition) is 4. The predicted molar refractivity (Wildman–Crippen MR) is 111 cm³/mol. The first-order chi connectivity index (χ1) is 13.7. The molecule has 28 heavy (non-hydrogen) atoms. The van der Waals surface area contributed by atoms with Gasteiger partial charge in [0, 0.05) is 6.42 Å². The zero-order valence-electron chi connectivity index (χ0n) is 16.7. The molecule has 2 aromatic carbocycles. The highest BCUT2D eigenvalue weighted by atomic mass is 16.5. The van der Waals surface area contributed by atoms with Gasteiger partial charge in [-0.2, -0.15) is 0 Å². The van der Waals surface area contributed by atoms with Gasteiger partial charge in [0.05, 0.1) is 5.56 Å². The van der Waals surface area contributed by atoms with Crippen LogP contribution in [0.15, 0.2) is 54.6 Å². The van der Waals surface area contributed by atoms with Crippen LogP contribution in [0.2, 0.25) is 0 Å². The lowest BCUT2D eigenvalue weighted by Crippen LogP contribution is -2.10. The quantitative estimate of drug-likeness (QED) is 0.244. The van der Waals surface area contributed by atoms with E-state index in [9.17, 15) is 9.59 Å². The molecular weight excluding hydrogens is 352 g/mol. The van der Waals surface area contributed by atoms with E-state index < -0.39 is 5.97 Å². The van der Waals surface area contributed by atoms with Crippen LogP contribution in [0.4, 0.5) is 0 Å². The molecule has 4 heteroatoms. The third-order valence-electron chi connectivity index (χ3n) is 4.51. The molecule has 4 nitrogen and oxygen atoms in total.